The molecule has 1 aliphatic rings. The maximum atomic E-state index is 4.40. The van der Waals surface area contributed by atoms with E-state index in [1.807, 2.05) is 0 Å². The summed E-state index contributed by atoms with van der Waals surface area (Å²) in [5, 5.41) is 3.43. The third-order valence-corrected chi connectivity index (χ3v) is 4.10. The Balaban J connectivity index is 2.11. The van der Waals surface area contributed by atoms with Crippen LogP contribution in [0.5, 0.6) is 0 Å². The molecule has 90 valence electrons. The van der Waals surface area contributed by atoms with Crippen molar-refractivity contribution in [3.63, 3.8) is 0 Å². The van der Waals surface area contributed by atoms with Crippen LogP contribution in [0.15, 0.2) is 12.4 Å². The van der Waals surface area contributed by atoms with E-state index >= 15 is 0 Å². The van der Waals surface area contributed by atoms with Gasteiger partial charge in [0.25, 0.3) is 0 Å². The predicted octanol–water partition coefficient (Wildman–Crippen LogP) is 2.65. The average molecular weight is 229 g/mol. The van der Waals surface area contributed by atoms with Gasteiger partial charge in [-0.25, -0.2) is 4.98 Å². The van der Waals surface area contributed by atoms with Gasteiger partial charge in [0.1, 0.15) is 0 Å². The Hall–Kier alpha value is -1.35. The van der Waals surface area contributed by atoms with Gasteiger partial charge in [-0.1, -0.05) is 0 Å². The quantitative estimate of drug-likeness (QED) is 0.789. The number of hydrogen-bond acceptors (Lipinski definition) is 2. The molecule has 0 spiro atoms. The second-order valence-electron chi connectivity index (χ2n) is 5.04. The van der Waals surface area contributed by atoms with Crippen LogP contribution in [-0.2, 0) is 0 Å². The van der Waals surface area contributed by atoms with Gasteiger partial charge in [0.2, 0.25) is 0 Å². The van der Waals surface area contributed by atoms with Crippen LogP contribution in [0, 0.1) is 13.8 Å². The molecule has 0 amide bonds. The van der Waals surface area contributed by atoms with Crippen molar-refractivity contribution in [3.05, 3.63) is 29.1 Å². The number of fused-ring (bicyclic) bond motifs is 1. The van der Waals surface area contributed by atoms with Crippen molar-refractivity contribution in [1.82, 2.24) is 15.3 Å². The second-order valence-corrected chi connectivity index (χ2v) is 5.04. The fraction of sp³-hybridized carbons (Fsp3) is 0.500. The monoisotopic (exact) mass is 229 g/mol. The third kappa shape index (κ3) is 1.75. The molecule has 0 atom stereocenters. The normalized spacial score (nSPS) is 17.8. The number of piperidine rings is 1. The van der Waals surface area contributed by atoms with E-state index in [1.165, 1.54) is 35.0 Å². The zero-order chi connectivity index (χ0) is 11.8. The molecule has 2 aromatic rings. The molecule has 1 saturated heterocycles. The minimum atomic E-state index is 0.711. The van der Waals surface area contributed by atoms with Gasteiger partial charge < -0.3 is 10.3 Å². The fourth-order valence-corrected chi connectivity index (χ4v) is 2.93. The molecule has 3 heteroatoms. The first kappa shape index (κ1) is 10.8. The van der Waals surface area contributed by atoms with Gasteiger partial charge >= 0.3 is 0 Å². The van der Waals surface area contributed by atoms with Crippen molar-refractivity contribution in [2.24, 2.45) is 0 Å². The Labute approximate surface area is 102 Å². The van der Waals surface area contributed by atoms with E-state index in [-0.39, 0.29) is 0 Å². The van der Waals surface area contributed by atoms with Crippen molar-refractivity contribution < 1.29 is 0 Å². The van der Waals surface area contributed by atoms with Gasteiger partial charge in [-0.3, -0.25) is 0 Å². The van der Waals surface area contributed by atoms with Crippen molar-refractivity contribution in [1.29, 1.82) is 0 Å². The summed E-state index contributed by atoms with van der Waals surface area (Å²) in [7, 11) is 0. The number of aromatic amines is 1. The number of rotatable bonds is 1. The lowest BCUT2D eigenvalue weighted by atomic mass is 9.85. The molecular formula is C14H19N3. The van der Waals surface area contributed by atoms with E-state index in [0.29, 0.717) is 5.92 Å². The highest BCUT2D eigenvalue weighted by Crippen LogP contribution is 2.32. The molecule has 1 aliphatic heterocycles. The van der Waals surface area contributed by atoms with Gasteiger partial charge in [0.05, 0.1) is 17.4 Å². The van der Waals surface area contributed by atoms with Crippen LogP contribution in [-0.4, -0.2) is 23.1 Å². The molecule has 3 rings (SSSR count). The predicted molar refractivity (Wildman–Crippen MR) is 70.4 cm³/mol. The minimum absolute atomic E-state index is 0.711. The highest BCUT2D eigenvalue weighted by molar-refractivity contribution is 5.80. The summed E-state index contributed by atoms with van der Waals surface area (Å²) >= 11 is 0. The Morgan fingerprint density at radius 3 is 2.71 bits per heavy atom. The average Bonchev–Trinajstić information content (AvgIpc) is 2.83. The number of nitrogens with one attached hydrogen (secondary N) is 2. The lowest BCUT2D eigenvalue weighted by molar-refractivity contribution is 0.459. The van der Waals surface area contributed by atoms with Crippen molar-refractivity contribution in [2.45, 2.75) is 32.6 Å². The van der Waals surface area contributed by atoms with Crippen molar-refractivity contribution in [3.8, 4) is 0 Å². The van der Waals surface area contributed by atoms with Crippen LogP contribution >= 0.6 is 0 Å². The summed E-state index contributed by atoms with van der Waals surface area (Å²) < 4.78 is 0. The highest BCUT2D eigenvalue weighted by Gasteiger charge is 2.19. The molecule has 2 N–H and O–H groups in total. The van der Waals surface area contributed by atoms with E-state index in [1.54, 1.807) is 6.33 Å². The first-order valence-corrected chi connectivity index (χ1v) is 6.41. The van der Waals surface area contributed by atoms with Crippen molar-refractivity contribution >= 4 is 11.0 Å². The summed E-state index contributed by atoms with van der Waals surface area (Å²) in [6.45, 7) is 6.71. The van der Waals surface area contributed by atoms with Crippen LogP contribution in [0.1, 0.15) is 35.4 Å². The smallest absolute Gasteiger partial charge is 0.0931 e. The summed E-state index contributed by atoms with van der Waals surface area (Å²) in [5.41, 5.74) is 6.58. The van der Waals surface area contributed by atoms with Gasteiger partial charge in [-0.05, 0) is 68.5 Å². The molecule has 0 bridgehead atoms. The molecular weight excluding hydrogens is 210 g/mol. The van der Waals surface area contributed by atoms with Gasteiger partial charge in [0, 0.05) is 0 Å². The Bertz CT molecular complexity index is 536. The zero-order valence-electron chi connectivity index (χ0n) is 10.5. The van der Waals surface area contributed by atoms with Crippen LogP contribution in [0.3, 0.4) is 0 Å². The number of H-pyrrole nitrogens is 1. The Morgan fingerprint density at radius 1 is 1.18 bits per heavy atom. The summed E-state index contributed by atoms with van der Waals surface area (Å²) in [4.78, 5) is 7.64. The largest absolute Gasteiger partial charge is 0.345 e. The molecule has 3 nitrogen and oxygen atoms in total. The minimum Gasteiger partial charge on any atom is -0.345 e. The first-order chi connectivity index (χ1) is 8.27. The number of imidazole rings is 1. The number of aromatic nitrogens is 2. The number of hydrogen-bond donors (Lipinski definition) is 2. The standard InChI is InChI=1S/C14H19N3/c1-9-10(2)14-13(16-8-17-14)7-12(9)11-3-5-15-6-4-11/h7-8,11,15H,3-6H2,1-2H3,(H,16,17). The summed E-state index contributed by atoms with van der Waals surface area (Å²) in [6.07, 6.45) is 4.29. The molecule has 1 fully saturated rings. The number of benzene rings is 1. The lowest BCUT2D eigenvalue weighted by Crippen LogP contribution is -2.27. The topological polar surface area (TPSA) is 40.7 Å². The molecule has 0 aliphatic carbocycles. The van der Waals surface area contributed by atoms with Gasteiger partial charge in [0.15, 0.2) is 0 Å². The molecule has 0 radical (unpaired) electrons. The molecule has 17 heavy (non-hydrogen) atoms. The van der Waals surface area contributed by atoms with Crippen molar-refractivity contribution in [2.75, 3.05) is 13.1 Å². The first-order valence-electron chi connectivity index (χ1n) is 6.41. The van der Waals surface area contributed by atoms with E-state index in [9.17, 15) is 0 Å². The van der Waals surface area contributed by atoms with Crippen LogP contribution < -0.4 is 5.32 Å². The molecule has 0 unspecified atom stereocenters. The van der Waals surface area contributed by atoms with Crippen LogP contribution in [0.2, 0.25) is 0 Å². The zero-order valence-corrected chi connectivity index (χ0v) is 10.5. The summed E-state index contributed by atoms with van der Waals surface area (Å²) in [6, 6.07) is 2.31. The SMILES string of the molecule is Cc1c(C2CCNCC2)cc2[nH]cnc2c1C. The van der Waals surface area contributed by atoms with Gasteiger partial charge in [-0.15, -0.1) is 0 Å². The highest BCUT2D eigenvalue weighted by atomic mass is 14.9. The van der Waals surface area contributed by atoms with E-state index < -0.39 is 0 Å². The molecule has 1 aromatic carbocycles. The number of aryl methyl sites for hydroxylation is 1. The lowest BCUT2D eigenvalue weighted by Gasteiger charge is -2.25. The molecule has 0 saturated carbocycles. The van der Waals surface area contributed by atoms with E-state index in [0.717, 1.165) is 18.6 Å². The molecule has 2 heterocycles. The maximum Gasteiger partial charge on any atom is 0.0931 e. The molecule has 1 aromatic heterocycles. The Morgan fingerprint density at radius 2 is 1.94 bits per heavy atom. The fourth-order valence-electron chi connectivity index (χ4n) is 2.93. The number of nitrogens with zero attached hydrogens (tertiary/aromatic N) is 1. The third-order valence-electron chi connectivity index (χ3n) is 4.10. The maximum absolute atomic E-state index is 4.40. The van der Waals surface area contributed by atoms with Crippen LogP contribution in [0.4, 0.5) is 0 Å². The van der Waals surface area contributed by atoms with Crippen LogP contribution in [0.25, 0.3) is 11.0 Å². The van der Waals surface area contributed by atoms with E-state index in [4.69, 9.17) is 0 Å². The summed E-state index contributed by atoms with van der Waals surface area (Å²) in [5.74, 6) is 0.711. The second kappa shape index (κ2) is 4.15. The van der Waals surface area contributed by atoms with Gasteiger partial charge in [-0.2, -0.15) is 0 Å². The Kier molecular flexibility index (Phi) is 2.63. The van der Waals surface area contributed by atoms with E-state index in [2.05, 4.69) is 35.2 Å².